The smallest absolute Gasteiger partial charge is 0.361 e. The van der Waals surface area contributed by atoms with Gasteiger partial charge in [0, 0.05) is 38.9 Å². The number of hydrogen-bond donors (Lipinski definition) is 3. The first-order valence-electron chi connectivity index (χ1n) is 12.0. The highest BCUT2D eigenvalue weighted by atomic mass is 32.2. The average Bonchev–Trinajstić information content (AvgIpc) is 3.22. The van der Waals surface area contributed by atoms with Crippen molar-refractivity contribution in [3.05, 3.63) is 35.9 Å². The first-order valence-corrected chi connectivity index (χ1v) is 13.8. The van der Waals surface area contributed by atoms with E-state index in [-0.39, 0.29) is 31.5 Å². The summed E-state index contributed by atoms with van der Waals surface area (Å²) in [5.74, 6) is -0.420. The summed E-state index contributed by atoms with van der Waals surface area (Å²) in [5, 5.41) is 12.2. The number of sulfonamides is 1. The average molecular weight is 510 g/mol. The quantitative estimate of drug-likeness (QED) is 0.196. The van der Waals surface area contributed by atoms with Gasteiger partial charge in [0.1, 0.15) is 18.4 Å². The van der Waals surface area contributed by atoms with E-state index in [9.17, 15) is 18.0 Å². The maximum absolute atomic E-state index is 14.1. The highest BCUT2D eigenvalue weighted by Gasteiger charge is 2.55. The lowest BCUT2D eigenvalue weighted by molar-refractivity contribution is -0.784. The number of piperidine rings is 1. The molecule has 12 heteroatoms. The number of nitrogens with zero attached hydrogens (tertiary/aromatic N) is 4. The number of rotatable bonds is 9. The summed E-state index contributed by atoms with van der Waals surface area (Å²) in [5.41, 5.74) is 8.36. The van der Waals surface area contributed by atoms with Gasteiger partial charge in [0.25, 0.3) is 0 Å². The van der Waals surface area contributed by atoms with Crippen molar-refractivity contribution in [3.63, 3.8) is 0 Å². The molecule has 1 aromatic carbocycles. The molecule has 11 nitrogen and oxygen atoms in total. The second-order valence-electron chi connectivity index (χ2n) is 9.62. The Labute approximate surface area is 207 Å². The largest absolute Gasteiger partial charge is 0.421 e. The van der Waals surface area contributed by atoms with Crippen LogP contribution in [0, 0.1) is 5.92 Å². The maximum atomic E-state index is 14.1. The number of hydrogen-bond acceptors (Lipinski definition) is 7. The number of quaternary nitrogens is 1. The molecule has 3 atom stereocenters. The molecule has 0 saturated carbocycles. The fraction of sp³-hybridized carbons (Fsp3) is 0.609. The molecule has 0 bridgehead atoms. The summed E-state index contributed by atoms with van der Waals surface area (Å²) in [6.45, 7) is 3.58. The van der Waals surface area contributed by atoms with Crippen molar-refractivity contribution in [3.8, 4) is 0 Å². The topological polar surface area (TPSA) is 145 Å². The molecule has 4 N–H and O–H groups in total. The first kappa shape index (κ1) is 27.1. The molecule has 2 fully saturated rings. The third-order valence-electron chi connectivity index (χ3n) is 7.37. The zero-order chi connectivity index (χ0) is 25.6. The van der Waals surface area contributed by atoms with Crippen LogP contribution in [-0.2, 0) is 21.2 Å². The fourth-order valence-electron chi connectivity index (χ4n) is 5.36. The van der Waals surface area contributed by atoms with Gasteiger partial charge in [-0.1, -0.05) is 30.3 Å². The molecule has 0 radical (unpaired) electrons. The molecule has 1 aromatic rings. The minimum absolute atomic E-state index is 0.0283. The normalized spacial score (nSPS) is 24.7. The molecule has 0 aromatic heterocycles. The third kappa shape index (κ3) is 6.18. The number of nitrogens with two attached hydrogens (primary N) is 1. The number of primary amides is 1. The molecule has 2 aliphatic rings. The molecule has 2 aliphatic heterocycles. The monoisotopic (exact) mass is 509 g/mol. The van der Waals surface area contributed by atoms with Gasteiger partial charge in [-0.3, -0.25) is 5.21 Å². The van der Waals surface area contributed by atoms with Crippen LogP contribution in [0.3, 0.4) is 0 Å². The van der Waals surface area contributed by atoms with E-state index in [4.69, 9.17) is 10.9 Å². The van der Waals surface area contributed by atoms with Crippen LogP contribution < -0.4 is 11.3 Å². The van der Waals surface area contributed by atoms with Crippen molar-refractivity contribution in [2.75, 3.05) is 32.4 Å². The van der Waals surface area contributed by atoms with Crippen LogP contribution in [0.15, 0.2) is 35.4 Å². The zero-order valence-electron chi connectivity index (χ0n) is 20.4. The van der Waals surface area contributed by atoms with Gasteiger partial charge in [0.2, 0.25) is 10.0 Å². The van der Waals surface area contributed by atoms with E-state index in [1.165, 1.54) is 10.6 Å². The number of urea groups is 1. The van der Waals surface area contributed by atoms with Gasteiger partial charge in [0.05, 0.1) is 12.8 Å². The second-order valence-corrected chi connectivity index (χ2v) is 11.6. The van der Waals surface area contributed by atoms with Gasteiger partial charge in [-0.05, 0) is 31.2 Å². The Balaban J connectivity index is 1.93. The number of carbonyl (C=O) groups is 2. The maximum Gasteiger partial charge on any atom is 0.421 e. The highest BCUT2D eigenvalue weighted by molar-refractivity contribution is 7.88. The SMILES string of the molecule is C[C@@H]1CCC[N+]1(C(N)=O)C(=O)[C@@H](Cc1ccccc1)N(CC1CCN(C=NNO)CC1)S(C)(=O)=O. The van der Waals surface area contributed by atoms with Crippen LogP contribution in [0.1, 0.15) is 38.2 Å². The number of nitrogens with one attached hydrogen (secondary N) is 1. The molecule has 2 saturated heterocycles. The Morgan fingerprint density at radius 2 is 1.94 bits per heavy atom. The van der Waals surface area contributed by atoms with E-state index in [0.29, 0.717) is 38.8 Å². The van der Waals surface area contributed by atoms with Crippen molar-refractivity contribution >= 4 is 28.3 Å². The minimum Gasteiger partial charge on any atom is -0.361 e. The summed E-state index contributed by atoms with van der Waals surface area (Å²) in [7, 11) is -3.79. The van der Waals surface area contributed by atoms with Gasteiger partial charge >= 0.3 is 11.9 Å². The number of carbonyl (C=O) groups excluding carboxylic acids is 2. The summed E-state index contributed by atoms with van der Waals surface area (Å²) in [6, 6.07) is 7.19. The molecular formula is C23H37N6O5S+. The lowest BCUT2D eigenvalue weighted by Crippen LogP contribution is -2.67. The Kier molecular flexibility index (Phi) is 8.86. The van der Waals surface area contributed by atoms with Gasteiger partial charge in [-0.2, -0.15) is 14.4 Å². The van der Waals surface area contributed by atoms with Crippen molar-refractivity contribution in [2.24, 2.45) is 16.8 Å². The molecule has 3 amide bonds. The number of hydrazone groups is 1. The number of imide groups is 1. The second kappa shape index (κ2) is 11.5. The standard InChI is InChI=1S/C23H36N6O5S/c1-18-7-6-14-29(18,23(24)31)22(30)21(15-19-8-4-3-5-9-19)28(35(2,33)34)16-20-10-12-27(13-11-20)17-25-26-32/h3-5,8-9,17-18,20-21,26,32H,6-7,10-16H2,1-2H3,(H-,24,31)/p+1/t18-,21-,29?/m1/s1. The lowest BCUT2D eigenvalue weighted by atomic mass is 9.95. The van der Waals surface area contributed by atoms with E-state index >= 15 is 0 Å². The Bertz CT molecular complexity index is 1010. The van der Waals surface area contributed by atoms with Crippen LogP contribution in [-0.4, -0.2) is 90.1 Å². The van der Waals surface area contributed by atoms with E-state index < -0.39 is 32.5 Å². The van der Waals surface area contributed by atoms with Crippen LogP contribution in [0.25, 0.3) is 0 Å². The fourth-order valence-corrected chi connectivity index (χ4v) is 6.47. The minimum atomic E-state index is -3.79. The third-order valence-corrected chi connectivity index (χ3v) is 8.62. The first-order chi connectivity index (χ1) is 16.6. The van der Waals surface area contributed by atoms with E-state index in [2.05, 4.69) is 5.10 Å². The summed E-state index contributed by atoms with van der Waals surface area (Å²) < 4.78 is 27.0. The molecule has 194 valence electrons. The number of benzene rings is 1. The van der Waals surface area contributed by atoms with Gasteiger partial charge in [-0.25, -0.2) is 18.0 Å². The highest BCUT2D eigenvalue weighted by Crippen LogP contribution is 2.31. The van der Waals surface area contributed by atoms with E-state index in [1.54, 1.807) is 5.59 Å². The van der Waals surface area contributed by atoms with Crippen LogP contribution in [0.5, 0.6) is 0 Å². The zero-order valence-corrected chi connectivity index (χ0v) is 21.2. The lowest BCUT2D eigenvalue weighted by Gasteiger charge is -2.39. The predicted molar refractivity (Wildman–Crippen MR) is 132 cm³/mol. The molecule has 0 spiro atoms. The summed E-state index contributed by atoms with van der Waals surface area (Å²) in [6.07, 6.45) is 5.53. The summed E-state index contributed by atoms with van der Waals surface area (Å²) in [4.78, 5) is 28.7. The van der Waals surface area contributed by atoms with Gasteiger partial charge < -0.3 is 10.6 Å². The van der Waals surface area contributed by atoms with Crippen molar-refractivity contribution in [2.45, 2.75) is 51.1 Å². The molecule has 35 heavy (non-hydrogen) atoms. The molecule has 0 aliphatic carbocycles. The van der Waals surface area contributed by atoms with Gasteiger partial charge in [-0.15, -0.1) is 5.10 Å². The van der Waals surface area contributed by atoms with Crippen LogP contribution in [0.4, 0.5) is 4.79 Å². The van der Waals surface area contributed by atoms with Crippen LogP contribution in [0.2, 0.25) is 0 Å². The van der Waals surface area contributed by atoms with E-state index in [1.807, 2.05) is 42.2 Å². The Morgan fingerprint density at radius 3 is 2.46 bits per heavy atom. The molecule has 2 heterocycles. The Hall–Kier alpha value is -2.54. The van der Waals surface area contributed by atoms with Crippen molar-refractivity contribution in [1.82, 2.24) is 14.8 Å². The number of amides is 3. The number of likely N-dealkylation sites (tertiary alicyclic amines) is 2. The van der Waals surface area contributed by atoms with Crippen molar-refractivity contribution in [1.29, 1.82) is 0 Å². The van der Waals surface area contributed by atoms with Crippen molar-refractivity contribution < 1.29 is 27.7 Å². The van der Waals surface area contributed by atoms with Crippen LogP contribution >= 0.6 is 0 Å². The molecular weight excluding hydrogens is 472 g/mol. The molecule has 1 unspecified atom stereocenters. The molecule has 3 rings (SSSR count). The predicted octanol–water partition coefficient (Wildman–Crippen LogP) is 1.10. The summed E-state index contributed by atoms with van der Waals surface area (Å²) >= 11 is 0. The van der Waals surface area contributed by atoms with Gasteiger partial charge in [0.15, 0.2) is 0 Å². The Morgan fingerprint density at radius 1 is 1.29 bits per heavy atom. The van der Waals surface area contributed by atoms with E-state index in [0.717, 1.165) is 11.8 Å².